The van der Waals surface area contributed by atoms with Crippen LogP contribution in [0.3, 0.4) is 0 Å². The Morgan fingerprint density at radius 3 is 1.80 bits per heavy atom. The Balaban J connectivity index is 3.96. The lowest BCUT2D eigenvalue weighted by Gasteiger charge is -2.27. The zero-order chi connectivity index (χ0) is 11.8. The van der Waals surface area contributed by atoms with Crippen molar-refractivity contribution in [3.63, 3.8) is 0 Å². The van der Waals surface area contributed by atoms with Gasteiger partial charge in [-0.15, -0.1) is 0 Å². The van der Waals surface area contributed by atoms with E-state index in [1.165, 1.54) is 25.8 Å². The van der Waals surface area contributed by atoms with Gasteiger partial charge in [0.1, 0.15) is 0 Å². The molecular formula is C14H31N. The highest BCUT2D eigenvalue weighted by Crippen LogP contribution is 2.19. The number of hydrogen-bond donors (Lipinski definition) is 1. The van der Waals surface area contributed by atoms with Crippen LogP contribution in [0.5, 0.6) is 0 Å². The van der Waals surface area contributed by atoms with Crippen molar-refractivity contribution in [3.8, 4) is 0 Å². The summed E-state index contributed by atoms with van der Waals surface area (Å²) in [7, 11) is 0. The molecule has 0 heterocycles. The van der Waals surface area contributed by atoms with Gasteiger partial charge in [0.2, 0.25) is 0 Å². The Morgan fingerprint density at radius 2 is 1.47 bits per heavy atom. The summed E-state index contributed by atoms with van der Waals surface area (Å²) in [5, 5.41) is 3.73. The highest BCUT2D eigenvalue weighted by atomic mass is 14.9. The molecule has 1 N–H and O–H groups in total. The predicted octanol–water partition coefficient (Wildman–Crippen LogP) is 4.08. The molecule has 0 aromatic heterocycles. The van der Waals surface area contributed by atoms with Crippen LogP contribution in [-0.2, 0) is 0 Å². The lowest BCUT2D eigenvalue weighted by atomic mass is 9.85. The van der Waals surface area contributed by atoms with Gasteiger partial charge < -0.3 is 5.32 Å². The summed E-state index contributed by atoms with van der Waals surface area (Å²) in [6.07, 6.45) is 3.87. The molecule has 1 nitrogen and oxygen atoms in total. The third kappa shape index (κ3) is 6.19. The first kappa shape index (κ1) is 15.0. The van der Waals surface area contributed by atoms with Gasteiger partial charge in [-0.05, 0) is 37.1 Å². The van der Waals surface area contributed by atoms with E-state index < -0.39 is 0 Å². The van der Waals surface area contributed by atoms with Crippen molar-refractivity contribution in [2.24, 2.45) is 17.8 Å². The summed E-state index contributed by atoms with van der Waals surface area (Å²) < 4.78 is 0. The van der Waals surface area contributed by atoms with E-state index in [0.29, 0.717) is 0 Å². The van der Waals surface area contributed by atoms with Crippen molar-refractivity contribution in [1.82, 2.24) is 5.32 Å². The largest absolute Gasteiger partial charge is 0.314 e. The van der Waals surface area contributed by atoms with Gasteiger partial charge in [-0.1, -0.05) is 48.0 Å². The van der Waals surface area contributed by atoms with E-state index in [1.54, 1.807) is 0 Å². The van der Waals surface area contributed by atoms with Gasteiger partial charge in [0.05, 0.1) is 0 Å². The SMILES string of the molecule is CCCC(CC)NCC(C(C)C)C(C)C. The molecule has 0 radical (unpaired) electrons. The molecule has 1 heteroatoms. The molecule has 0 fully saturated rings. The van der Waals surface area contributed by atoms with Gasteiger partial charge in [0, 0.05) is 6.04 Å². The van der Waals surface area contributed by atoms with Gasteiger partial charge >= 0.3 is 0 Å². The first-order chi connectivity index (χ1) is 7.02. The lowest BCUT2D eigenvalue weighted by Crippen LogP contribution is -2.36. The molecule has 0 rings (SSSR count). The van der Waals surface area contributed by atoms with Gasteiger partial charge in [-0.2, -0.15) is 0 Å². The van der Waals surface area contributed by atoms with Crippen molar-refractivity contribution >= 4 is 0 Å². The van der Waals surface area contributed by atoms with Crippen molar-refractivity contribution < 1.29 is 0 Å². The normalized spacial score (nSPS) is 14.2. The Kier molecular flexibility index (Phi) is 8.13. The molecule has 1 atom stereocenters. The molecule has 92 valence electrons. The average Bonchev–Trinajstić information content (AvgIpc) is 2.15. The van der Waals surface area contributed by atoms with Gasteiger partial charge in [-0.25, -0.2) is 0 Å². The molecule has 0 aliphatic heterocycles. The second-order valence-corrected chi connectivity index (χ2v) is 5.45. The zero-order valence-electron chi connectivity index (χ0n) is 11.6. The standard InChI is InChI=1S/C14H31N/c1-7-9-13(8-2)15-10-14(11(3)4)12(5)6/h11-15H,7-10H2,1-6H3. The highest BCUT2D eigenvalue weighted by Gasteiger charge is 2.18. The highest BCUT2D eigenvalue weighted by molar-refractivity contribution is 4.73. The Hall–Kier alpha value is -0.0400. The first-order valence-corrected chi connectivity index (χ1v) is 6.76. The summed E-state index contributed by atoms with van der Waals surface area (Å²) >= 11 is 0. The average molecular weight is 213 g/mol. The van der Waals surface area contributed by atoms with Crippen molar-refractivity contribution in [2.45, 2.75) is 66.8 Å². The van der Waals surface area contributed by atoms with E-state index in [2.05, 4.69) is 46.9 Å². The quantitative estimate of drug-likeness (QED) is 0.640. The minimum Gasteiger partial charge on any atom is -0.314 e. The Morgan fingerprint density at radius 1 is 0.933 bits per heavy atom. The summed E-state index contributed by atoms with van der Waals surface area (Å²) in [6, 6.07) is 0.731. The Labute approximate surface area is 97.0 Å². The van der Waals surface area contributed by atoms with E-state index in [-0.39, 0.29) is 0 Å². The van der Waals surface area contributed by atoms with Crippen LogP contribution in [0.1, 0.15) is 60.8 Å². The smallest absolute Gasteiger partial charge is 0.00644 e. The zero-order valence-corrected chi connectivity index (χ0v) is 11.6. The third-order valence-electron chi connectivity index (χ3n) is 3.48. The second kappa shape index (κ2) is 8.15. The van der Waals surface area contributed by atoms with Crippen LogP contribution >= 0.6 is 0 Å². The maximum absolute atomic E-state index is 3.73. The van der Waals surface area contributed by atoms with Crippen molar-refractivity contribution in [2.75, 3.05) is 6.54 Å². The van der Waals surface area contributed by atoms with E-state index in [9.17, 15) is 0 Å². The summed E-state index contributed by atoms with van der Waals surface area (Å²) in [6.45, 7) is 15.1. The minimum absolute atomic E-state index is 0.731. The van der Waals surface area contributed by atoms with E-state index >= 15 is 0 Å². The van der Waals surface area contributed by atoms with Crippen LogP contribution < -0.4 is 5.32 Å². The summed E-state index contributed by atoms with van der Waals surface area (Å²) in [5.74, 6) is 2.39. The van der Waals surface area contributed by atoms with Gasteiger partial charge in [0.15, 0.2) is 0 Å². The van der Waals surface area contributed by atoms with Crippen LogP contribution in [0.25, 0.3) is 0 Å². The molecule has 0 bridgehead atoms. The molecule has 0 aromatic carbocycles. The molecule has 0 aliphatic rings. The molecule has 0 spiro atoms. The third-order valence-corrected chi connectivity index (χ3v) is 3.48. The maximum atomic E-state index is 3.73. The topological polar surface area (TPSA) is 12.0 Å². The van der Waals surface area contributed by atoms with Crippen LogP contribution in [0.15, 0.2) is 0 Å². The molecule has 1 unspecified atom stereocenters. The van der Waals surface area contributed by atoms with Crippen molar-refractivity contribution in [1.29, 1.82) is 0 Å². The molecule has 0 aromatic rings. The predicted molar refractivity (Wildman–Crippen MR) is 70.2 cm³/mol. The lowest BCUT2D eigenvalue weighted by molar-refractivity contribution is 0.261. The first-order valence-electron chi connectivity index (χ1n) is 6.76. The molecule has 0 saturated heterocycles. The van der Waals surface area contributed by atoms with Gasteiger partial charge in [0.25, 0.3) is 0 Å². The fraction of sp³-hybridized carbons (Fsp3) is 1.00. The monoisotopic (exact) mass is 213 g/mol. The number of rotatable bonds is 8. The fourth-order valence-electron chi connectivity index (χ4n) is 2.34. The van der Waals surface area contributed by atoms with Gasteiger partial charge in [-0.3, -0.25) is 0 Å². The van der Waals surface area contributed by atoms with Crippen LogP contribution in [0, 0.1) is 17.8 Å². The Bertz CT molecular complexity index is 132. The molecule has 0 saturated carbocycles. The number of hydrogen-bond acceptors (Lipinski definition) is 1. The molecular weight excluding hydrogens is 182 g/mol. The van der Waals surface area contributed by atoms with Crippen LogP contribution in [0.4, 0.5) is 0 Å². The van der Waals surface area contributed by atoms with Crippen molar-refractivity contribution in [3.05, 3.63) is 0 Å². The summed E-state index contributed by atoms with van der Waals surface area (Å²) in [4.78, 5) is 0. The van der Waals surface area contributed by atoms with E-state index in [1.807, 2.05) is 0 Å². The molecule has 15 heavy (non-hydrogen) atoms. The second-order valence-electron chi connectivity index (χ2n) is 5.45. The molecule has 0 amide bonds. The van der Waals surface area contributed by atoms with Crippen LogP contribution in [-0.4, -0.2) is 12.6 Å². The van der Waals surface area contributed by atoms with E-state index in [0.717, 1.165) is 23.8 Å². The van der Waals surface area contributed by atoms with E-state index in [4.69, 9.17) is 0 Å². The summed E-state index contributed by atoms with van der Waals surface area (Å²) in [5.41, 5.74) is 0. The maximum Gasteiger partial charge on any atom is 0.00644 e. The number of nitrogens with one attached hydrogen (secondary N) is 1. The minimum atomic E-state index is 0.731. The van der Waals surface area contributed by atoms with Crippen LogP contribution in [0.2, 0.25) is 0 Å². The fourth-order valence-corrected chi connectivity index (χ4v) is 2.34. The molecule has 0 aliphatic carbocycles.